The van der Waals surface area contributed by atoms with Crippen molar-refractivity contribution in [2.45, 2.75) is 13.5 Å². The van der Waals surface area contributed by atoms with Gasteiger partial charge in [-0.1, -0.05) is 48.5 Å². The highest BCUT2D eigenvalue weighted by atomic mass is 17.2. The number of carbonyl (C=O) groups excluding carboxylic acids is 2. The van der Waals surface area contributed by atoms with E-state index in [0.717, 1.165) is 16.7 Å². The van der Waals surface area contributed by atoms with Crippen LogP contribution in [0, 0.1) is 0 Å². The number of methoxy groups -OCH3 is 1. The fourth-order valence-electron chi connectivity index (χ4n) is 3.31. The van der Waals surface area contributed by atoms with Crippen molar-refractivity contribution in [1.82, 2.24) is 0 Å². The van der Waals surface area contributed by atoms with Crippen LogP contribution in [0.4, 0.5) is 0 Å². The summed E-state index contributed by atoms with van der Waals surface area (Å²) in [6, 6.07) is 28.7. The molecule has 176 valence electrons. The monoisotopic (exact) mass is 468 g/mol. The molecule has 0 fully saturated rings. The Morgan fingerprint density at radius 3 is 1.69 bits per heavy atom. The van der Waals surface area contributed by atoms with Crippen molar-refractivity contribution < 1.29 is 28.8 Å². The molecule has 35 heavy (non-hydrogen) atoms. The fraction of sp³-hybridized carbons (Fsp3) is 0.103. The van der Waals surface area contributed by atoms with Gasteiger partial charge in [0.2, 0.25) is 0 Å². The molecule has 0 radical (unpaired) electrons. The predicted molar refractivity (Wildman–Crippen MR) is 132 cm³/mol. The molecule has 0 aromatic heterocycles. The van der Waals surface area contributed by atoms with Gasteiger partial charge in [-0.05, 0) is 72.1 Å². The van der Waals surface area contributed by atoms with E-state index < -0.39 is 5.97 Å². The second kappa shape index (κ2) is 11.1. The molecule has 6 nitrogen and oxygen atoms in total. The largest absolute Gasteiger partial charge is 0.497 e. The molecule has 0 heterocycles. The van der Waals surface area contributed by atoms with Crippen molar-refractivity contribution in [1.29, 1.82) is 0 Å². The molecule has 6 heteroatoms. The van der Waals surface area contributed by atoms with Crippen molar-refractivity contribution in [2.24, 2.45) is 0 Å². The molecule has 0 aliphatic rings. The summed E-state index contributed by atoms with van der Waals surface area (Å²) in [5.41, 5.74) is 3.95. The van der Waals surface area contributed by atoms with E-state index in [2.05, 4.69) is 0 Å². The molecule has 4 aromatic rings. The Balaban J connectivity index is 1.29. The van der Waals surface area contributed by atoms with Crippen molar-refractivity contribution in [3.8, 4) is 28.4 Å². The van der Waals surface area contributed by atoms with Crippen LogP contribution < -0.4 is 14.4 Å². The molecule has 0 aliphatic carbocycles. The van der Waals surface area contributed by atoms with Crippen LogP contribution in [-0.2, 0) is 11.5 Å². The Labute approximate surface area is 203 Å². The Kier molecular flexibility index (Phi) is 7.55. The summed E-state index contributed by atoms with van der Waals surface area (Å²) < 4.78 is 10.6. The molecular formula is C29H24O6. The van der Waals surface area contributed by atoms with Crippen LogP contribution >= 0.6 is 0 Å². The maximum atomic E-state index is 12.3. The fourth-order valence-corrected chi connectivity index (χ4v) is 3.31. The third kappa shape index (κ3) is 6.34. The average molecular weight is 469 g/mol. The zero-order valence-corrected chi connectivity index (χ0v) is 19.4. The van der Waals surface area contributed by atoms with Crippen LogP contribution in [0.5, 0.6) is 17.2 Å². The normalized spacial score (nSPS) is 10.5. The van der Waals surface area contributed by atoms with Gasteiger partial charge in [-0.3, -0.25) is 4.79 Å². The first-order valence-electron chi connectivity index (χ1n) is 11.0. The number of carbonyl (C=O) groups is 2. The Hall–Kier alpha value is -4.42. The molecule has 0 aliphatic heterocycles. The molecule has 4 aromatic carbocycles. The molecule has 0 saturated heterocycles. The lowest BCUT2D eigenvalue weighted by atomic mass is 10.1. The number of hydrogen-bond donors (Lipinski definition) is 0. The molecular weight excluding hydrogens is 444 g/mol. The number of ether oxygens (including phenoxy) is 2. The van der Waals surface area contributed by atoms with Gasteiger partial charge in [0.1, 0.15) is 18.1 Å². The zero-order valence-electron chi connectivity index (χ0n) is 19.4. The molecule has 0 unspecified atom stereocenters. The predicted octanol–water partition coefficient (Wildman–Crippen LogP) is 6.29. The van der Waals surface area contributed by atoms with Gasteiger partial charge >= 0.3 is 5.97 Å². The minimum absolute atomic E-state index is 0.0259. The first-order valence-corrected chi connectivity index (χ1v) is 11.0. The summed E-state index contributed by atoms with van der Waals surface area (Å²) in [5.74, 6) is 1.29. The van der Waals surface area contributed by atoms with Crippen molar-refractivity contribution in [2.75, 3.05) is 7.11 Å². The first-order chi connectivity index (χ1) is 17.0. The molecule has 4 rings (SSSR count). The van der Waals surface area contributed by atoms with E-state index in [1.165, 1.54) is 6.92 Å². The number of hydrogen-bond acceptors (Lipinski definition) is 6. The maximum Gasteiger partial charge on any atom is 0.343 e. The van der Waals surface area contributed by atoms with E-state index in [1.54, 1.807) is 55.6 Å². The summed E-state index contributed by atoms with van der Waals surface area (Å²) >= 11 is 0. The highest BCUT2D eigenvalue weighted by molar-refractivity contribution is 5.94. The van der Waals surface area contributed by atoms with Crippen LogP contribution in [0.3, 0.4) is 0 Å². The highest BCUT2D eigenvalue weighted by Crippen LogP contribution is 2.25. The number of Topliss-reactive ketones (excluding diaryl/α,β-unsaturated/α-hetero) is 1. The molecule has 0 N–H and O–H groups in total. The van der Waals surface area contributed by atoms with E-state index in [9.17, 15) is 9.59 Å². The van der Waals surface area contributed by atoms with E-state index in [1.807, 2.05) is 48.5 Å². The zero-order chi connectivity index (χ0) is 24.6. The Morgan fingerprint density at radius 1 is 0.629 bits per heavy atom. The number of esters is 1. The topological polar surface area (TPSA) is 71.1 Å². The van der Waals surface area contributed by atoms with Gasteiger partial charge in [0, 0.05) is 5.56 Å². The molecule has 0 bridgehead atoms. The first kappa shape index (κ1) is 23.7. The van der Waals surface area contributed by atoms with Gasteiger partial charge in [0.15, 0.2) is 11.5 Å². The summed E-state index contributed by atoms with van der Waals surface area (Å²) in [4.78, 5) is 34.3. The van der Waals surface area contributed by atoms with Gasteiger partial charge in [-0.25, -0.2) is 4.79 Å². The summed E-state index contributed by atoms with van der Waals surface area (Å²) in [5, 5.41) is 0. The molecule has 0 spiro atoms. The van der Waals surface area contributed by atoms with E-state index in [4.69, 9.17) is 19.2 Å². The lowest BCUT2D eigenvalue weighted by molar-refractivity contribution is -0.217. The number of benzene rings is 4. The van der Waals surface area contributed by atoms with Gasteiger partial charge in [-0.2, -0.15) is 4.89 Å². The number of ketones is 1. The minimum atomic E-state index is -0.434. The van der Waals surface area contributed by atoms with Gasteiger partial charge in [0.05, 0.1) is 12.7 Å². The lowest BCUT2D eigenvalue weighted by Gasteiger charge is -2.08. The second-order valence-corrected chi connectivity index (χ2v) is 7.77. The van der Waals surface area contributed by atoms with Crippen LogP contribution in [0.1, 0.15) is 33.2 Å². The van der Waals surface area contributed by atoms with Crippen LogP contribution in [0.25, 0.3) is 11.1 Å². The van der Waals surface area contributed by atoms with Crippen LogP contribution in [0.2, 0.25) is 0 Å². The maximum absolute atomic E-state index is 12.3. The van der Waals surface area contributed by atoms with E-state index in [-0.39, 0.29) is 12.4 Å². The van der Waals surface area contributed by atoms with Crippen molar-refractivity contribution in [3.63, 3.8) is 0 Å². The molecule has 0 atom stereocenters. The third-order valence-corrected chi connectivity index (χ3v) is 5.32. The second-order valence-electron chi connectivity index (χ2n) is 7.77. The lowest BCUT2D eigenvalue weighted by Crippen LogP contribution is -2.08. The standard InChI is InChI=1S/C29H24O6/c1-20(30)22-5-3-21(4-6-22)19-33-35-28-17-9-24(10-18-28)23-7-15-27(16-8-23)34-29(31)25-11-13-26(32-2)14-12-25/h3-18H,19H2,1-2H3. The number of rotatable bonds is 9. The quantitative estimate of drug-likeness (QED) is 0.0945. The summed E-state index contributed by atoms with van der Waals surface area (Å²) in [6.45, 7) is 1.79. The van der Waals surface area contributed by atoms with E-state index >= 15 is 0 Å². The SMILES string of the molecule is COc1ccc(C(=O)Oc2ccc(-c3ccc(OOCc4ccc(C(C)=O)cc4)cc3)cc2)cc1. The average Bonchev–Trinajstić information content (AvgIpc) is 2.90. The van der Waals surface area contributed by atoms with Gasteiger partial charge < -0.3 is 14.4 Å². The van der Waals surface area contributed by atoms with Gasteiger partial charge in [-0.15, -0.1) is 0 Å². The highest BCUT2D eigenvalue weighted by Gasteiger charge is 2.09. The smallest absolute Gasteiger partial charge is 0.343 e. The summed E-state index contributed by atoms with van der Waals surface area (Å²) in [7, 11) is 1.57. The van der Waals surface area contributed by atoms with Crippen molar-refractivity contribution in [3.05, 3.63) is 114 Å². The van der Waals surface area contributed by atoms with Crippen LogP contribution in [-0.4, -0.2) is 18.9 Å². The Morgan fingerprint density at radius 2 is 1.14 bits per heavy atom. The Bertz CT molecular complexity index is 1280. The van der Waals surface area contributed by atoms with E-state index in [0.29, 0.717) is 28.4 Å². The van der Waals surface area contributed by atoms with Crippen LogP contribution in [0.15, 0.2) is 97.1 Å². The summed E-state index contributed by atoms with van der Waals surface area (Å²) in [6.07, 6.45) is 0. The molecule has 0 saturated carbocycles. The molecule has 0 amide bonds. The van der Waals surface area contributed by atoms with Gasteiger partial charge in [0.25, 0.3) is 0 Å². The third-order valence-electron chi connectivity index (χ3n) is 5.32. The minimum Gasteiger partial charge on any atom is -0.497 e. The van der Waals surface area contributed by atoms with Crippen molar-refractivity contribution >= 4 is 11.8 Å².